The molecule has 1 spiro atoms. The van der Waals surface area contributed by atoms with E-state index in [0.29, 0.717) is 16.9 Å². The molecule has 164 valence electrons. The molecule has 4 N–H and O–H groups in total. The van der Waals surface area contributed by atoms with Crippen molar-refractivity contribution in [2.45, 2.75) is 30.3 Å². The number of likely N-dealkylation sites (tertiary alicyclic amines) is 1. The minimum atomic E-state index is -2.67. The first-order valence-corrected chi connectivity index (χ1v) is 9.39. The van der Waals surface area contributed by atoms with Gasteiger partial charge in [-0.1, -0.05) is 18.2 Å². The Labute approximate surface area is 189 Å². The second kappa shape index (κ2) is 8.60. The number of primary amides is 1. The predicted octanol–water partition coefficient (Wildman–Crippen LogP) is 0.749. The number of nitrogens with zero attached hydrogens (tertiary/aromatic N) is 2. The number of hydrogen-bond donors (Lipinski definition) is 3. The normalized spacial score (nSPS) is 24.4. The number of fused-ring (bicyclic) bond motifs is 2. The molecule has 1 aromatic carbocycles. The number of anilines is 1. The van der Waals surface area contributed by atoms with Crippen LogP contribution < -0.4 is 16.4 Å². The molecule has 0 radical (unpaired) electrons. The van der Waals surface area contributed by atoms with Crippen LogP contribution in [0.5, 0.6) is 0 Å². The largest absolute Gasteiger partial charge is 0.368 e. The summed E-state index contributed by atoms with van der Waals surface area (Å²) in [5.74, 6) is -2.03. The molecule has 1 aromatic heterocycles. The fourth-order valence-electron chi connectivity index (χ4n) is 4.25. The number of aromatic nitrogens is 1. The van der Waals surface area contributed by atoms with Gasteiger partial charge in [-0.2, -0.15) is 0 Å². The number of amides is 3. The number of likely N-dealkylation sites (N-methyl/N-ethyl adjacent to an activating group) is 1. The number of hydrogen-bond acceptors (Lipinski definition) is 5. The lowest BCUT2D eigenvalue weighted by Crippen LogP contribution is -2.52. The highest BCUT2D eigenvalue weighted by atomic mass is 35.5. The number of pyridine rings is 1. The molecule has 4 rings (SSSR count). The lowest BCUT2D eigenvalue weighted by molar-refractivity contribution is -0.139. The highest BCUT2D eigenvalue weighted by molar-refractivity contribution is 6.07. The van der Waals surface area contributed by atoms with E-state index in [9.17, 15) is 18.8 Å². The Kier molecular flexibility index (Phi) is 5.19. The molecule has 3 heterocycles. The standard InChI is InChI=1S/C21H22FN5O3.ClH/c1-24-15(9-12-4-6-13(22)7-5-12)19(29)27-11-21(10-16(27)17(23)28)14-3-2-8-25-18(14)26-20(21)30;/h2-8,15-16,24H,9-11H2,1H3,(H2,23,28)(H,25,26,30);1H/t15-,16-,21-;/m0./s1/i1D3;. The quantitative estimate of drug-likeness (QED) is 0.621. The molecule has 2 aromatic rings. The van der Waals surface area contributed by atoms with E-state index in [2.05, 4.69) is 15.6 Å². The average molecular weight is 451 g/mol. The van der Waals surface area contributed by atoms with Crippen LogP contribution in [0, 0.1) is 5.82 Å². The molecule has 1 fully saturated rings. The molecule has 0 bridgehead atoms. The van der Waals surface area contributed by atoms with Crippen molar-refractivity contribution in [3.63, 3.8) is 0 Å². The Balaban J connectivity index is 0.00000324. The van der Waals surface area contributed by atoms with Crippen LogP contribution >= 0.6 is 12.4 Å². The van der Waals surface area contributed by atoms with Crippen LogP contribution in [0.1, 0.15) is 21.7 Å². The van der Waals surface area contributed by atoms with Crippen LogP contribution in [-0.4, -0.2) is 53.2 Å². The first kappa shape index (κ1) is 18.7. The number of nitrogens with one attached hydrogen (secondary N) is 2. The lowest BCUT2D eigenvalue weighted by Gasteiger charge is -2.28. The summed E-state index contributed by atoms with van der Waals surface area (Å²) >= 11 is 0. The lowest BCUT2D eigenvalue weighted by atomic mass is 9.80. The summed E-state index contributed by atoms with van der Waals surface area (Å²) in [6, 6.07) is 6.26. The van der Waals surface area contributed by atoms with Crippen molar-refractivity contribution >= 4 is 35.9 Å². The summed E-state index contributed by atoms with van der Waals surface area (Å²) < 4.78 is 36.0. The highest BCUT2D eigenvalue weighted by Gasteiger charge is 2.57. The van der Waals surface area contributed by atoms with Gasteiger partial charge in [0, 0.05) is 22.4 Å². The van der Waals surface area contributed by atoms with E-state index in [-0.39, 0.29) is 31.8 Å². The zero-order chi connectivity index (χ0) is 24.0. The van der Waals surface area contributed by atoms with E-state index in [0.717, 1.165) is 4.90 Å². The summed E-state index contributed by atoms with van der Waals surface area (Å²) in [6.45, 7) is -2.83. The van der Waals surface area contributed by atoms with Gasteiger partial charge >= 0.3 is 0 Å². The molecule has 2 aliphatic heterocycles. The third-order valence-corrected chi connectivity index (χ3v) is 5.79. The molecular formula is C21H23ClFN5O3. The molecule has 0 saturated carbocycles. The summed E-state index contributed by atoms with van der Waals surface area (Å²) in [4.78, 5) is 44.1. The van der Waals surface area contributed by atoms with E-state index >= 15 is 0 Å². The molecular weight excluding hydrogens is 425 g/mol. The maximum absolute atomic E-state index is 13.6. The predicted molar refractivity (Wildman–Crippen MR) is 114 cm³/mol. The second-order valence-corrected chi connectivity index (χ2v) is 7.55. The van der Waals surface area contributed by atoms with E-state index in [1.165, 1.54) is 30.5 Å². The molecule has 31 heavy (non-hydrogen) atoms. The number of nitrogens with two attached hydrogens (primary N) is 1. The van der Waals surface area contributed by atoms with Crippen molar-refractivity contribution < 1.29 is 22.9 Å². The summed E-state index contributed by atoms with van der Waals surface area (Å²) in [6.07, 6.45) is 1.40. The molecule has 3 atom stereocenters. The van der Waals surface area contributed by atoms with Crippen LogP contribution in [0.25, 0.3) is 0 Å². The molecule has 0 aliphatic carbocycles. The Bertz CT molecular complexity index is 1120. The first-order chi connectivity index (χ1) is 15.5. The molecule has 0 unspecified atom stereocenters. The van der Waals surface area contributed by atoms with Gasteiger partial charge in [0.15, 0.2) is 0 Å². The minimum absolute atomic E-state index is 0. The first-order valence-electron chi connectivity index (χ1n) is 10.9. The smallest absolute Gasteiger partial charge is 0.240 e. The van der Waals surface area contributed by atoms with Crippen molar-refractivity contribution in [3.05, 3.63) is 59.5 Å². The van der Waals surface area contributed by atoms with Gasteiger partial charge in [-0.05, 0) is 43.6 Å². The Morgan fingerprint density at radius 2 is 2.16 bits per heavy atom. The van der Waals surface area contributed by atoms with Gasteiger partial charge < -0.3 is 21.3 Å². The molecule has 10 heteroatoms. The molecule has 8 nitrogen and oxygen atoms in total. The zero-order valence-electron chi connectivity index (χ0n) is 19.3. The molecule has 3 amide bonds. The number of carbonyl (C=O) groups excluding carboxylic acids is 3. The van der Waals surface area contributed by atoms with Crippen molar-refractivity contribution in [1.82, 2.24) is 15.2 Å². The number of halogens is 2. The van der Waals surface area contributed by atoms with E-state index < -0.39 is 48.0 Å². The minimum Gasteiger partial charge on any atom is -0.368 e. The van der Waals surface area contributed by atoms with Crippen LogP contribution in [0.4, 0.5) is 10.2 Å². The van der Waals surface area contributed by atoms with Crippen LogP contribution in [0.3, 0.4) is 0 Å². The van der Waals surface area contributed by atoms with Crippen molar-refractivity contribution in [1.29, 1.82) is 0 Å². The number of rotatable bonds is 5. The summed E-state index contributed by atoms with van der Waals surface area (Å²) in [7, 11) is 0. The average Bonchev–Trinajstić information content (AvgIpc) is 3.27. The van der Waals surface area contributed by atoms with Crippen LogP contribution in [0.15, 0.2) is 42.6 Å². The van der Waals surface area contributed by atoms with E-state index in [1.54, 1.807) is 12.1 Å². The number of benzene rings is 1. The zero-order valence-corrected chi connectivity index (χ0v) is 17.1. The Hall–Kier alpha value is -3.04. The van der Waals surface area contributed by atoms with Gasteiger partial charge in [0.05, 0.1) is 11.5 Å². The van der Waals surface area contributed by atoms with Gasteiger partial charge in [-0.15, -0.1) is 12.4 Å². The molecule has 2 aliphatic rings. The van der Waals surface area contributed by atoms with Crippen LogP contribution in [-0.2, 0) is 26.2 Å². The topological polar surface area (TPSA) is 117 Å². The SMILES string of the molecule is Cl.[2H]C([2H])([2H])N[C@@H](Cc1ccc(F)cc1)C(=O)N1C[C@]2(C[C@H]1C(N)=O)C(=O)Nc1ncccc12. The van der Waals surface area contributed by atoms with Gasteiger partial charge in [0.25, 0.3) is 0 Å². The highest BCUT2D eigenvalue weighted by Crippen LogP contribution is 2.45. The van der Waals surface area contributed by atoms with Gasteiger partial charge in [0.1, 0.15) is 17.7 Å². The third-order valence-electron chi connectivity index (χ3n) is 5.79. The van der Waals surface area contributed by atoms with E-state index in [4.69, 9.17) is 9.85 Å². The Morgan fingerprint density at radius 3 is 2.84 bits per heavy atom. The maximum atomic E-state index is 13.6. The fraction of sp³-hybridized carbons (Fsp3) is 0.333. The Morgan fingerprint density at radius 1 is 1.42 bits per heavy atom. The van der Waals surface area contributed by atoms with E-state index in [1.807, 2.05) is 0 Å². The third kappa shape index (κ3) is 3.86. The van der Waals surface area contributed by atoms with Gasteiger partial charge in [-0.3, -0.25) is 14.4 Å². The van der Waals surface area contributed by atoms with Crippen LogP contribution in [0.2, 0.25) is 0 Å². The second-order valence-electron chi connectivity index (χ2n) is 7.55. The van der Waals surface area contributed by atoms with Crippen molar-refractivity contribution in [2.75, 3.05) is 18.8 Å². The van der Waals surface area contributed by atoms with Gasteiger partial charge in [0.2, 0.25) is 17.7 Å². The van der Waals surface area contributed by atoms with Crippen molar-refractivity contribution in [2.24, 2.45) is 5.73 Å². The fourth-order valence-corrected chi connectivity index (χ4v) is 4.25. The maximum Gasteiger partial charge on any atom is 0.240 e. The van der Waals surface area contributed by atoms with Crippen molar-refractivity contribution in [3.8, 4) is 0 Å². The molecule has 1 saturated heterocycles. The summed E-state index contributed by atoms with van der Waals surface area (Å²) in [5, 5.41) is 5.00. The number of carbonyl (C=O) groups is 3. The monoisotopic (exact) mass is 450 g/mol. The summed E-state index contributed by atoms with van der Waals surface area (Å²) in [5.41, 5.74) is 5.43. The van der Waals surface area contributed by atoms with Gasteiger partial charge in [-0.25, -0.2) is 9.37 Å².